The third-order valence-corrected chi connectivity index (χ3v) is 3.99. The van der Waals surface area contributed by atoms with Gasteiger partial charge in [0.15, 0.2) is 0 Å². The molecule has 5 heteroatoms. The number of hydrogen-bond donors (Lipinski definition) is 1. The number of likely N-dealkylation sites (tertiary alicyclic amines) is 1. The van der Waals surface area contributed by atoms with Gasteiger partial charge in [0.1, 0.15) is 0 Å². The fraction of sp³-hybridized carbons (Fsp3) is 0.471. The summed E-state index contributed by atoms with van der Waals surface area (Å²) in [7, 11) is 0. The van der Waals surface area contributed by atoms with Gasteiger partial charge in [0.25, 0.3) is 5.91 Å². The van der Waals surface area contributed by atoms with E-state index in [0.717, 1.165) is 24.8 Å². The van der Waals surface area contributed by atoms with E-state index in [2.05, 4.69) is 10.3 Å². The highest BCUT2D eigenvalue weighted by Crippen LogP contribution is 2.12. The maximum atomic E-state index is 12.1. The van der Waals surface area contributed by atoms with Gasteiger partial charge in [0.2, 0.25) is 5.91 Å². The van der Waals surface area contributed by atoms with Gasteiger partial charge in [-0.05, 0) is 38.3 Å². The molecule has 0 atom stereocenters. The Bertz CT molecular complexity index is 546. The predicted octanol–water partition coefficient (Wildman–Crippen LogP) is 2.16. The van der Waals surface area contributed by atoms with Crippen LogP contribution >= 0.6 is 0 Å². The first-order chi connectivity index (χ1) is 10.6. The van der Waals surface area contributed by atoms with Crippen molar-refractivity contribution >= 4 is 11.8 Å². The van der Waals surface area contributed by atoms with Gasteiger partial charge in [-0.2, -0.15) is 0 Å². The van der Waals surface area contributed by atoms with Gasteiger partial charge >= 0.3 is 0 Å². The Balaban J connectivity index is 1.82. The number of amides is 2. The van der Waals surface area contributed by atoms with Crippen LogP contribution in [0.2, 0.25) is 0 Å². The molecule has 1 fully saturated rings. The average Bonchev–Trinajstić information content (AvgIpc) is 2.56. The zero-order valence-corrected chi connectivity index (χ0v) is 13.2. The molecule has 118 valence electrons. The Labute approximate surface area is 131 Å². The van der Waals surface area contributed by atoms with Crippen LogP contribution in [0.1, 0.15) is 43.5 Å². The predicted molar refractivity (Wildman–Crippen MR) is 85.4 cm³/mol. The average molecular weight is 301 g/mol. The summed E-state index contributed by atoms with van der Waals surface area (Å²) in [5.74, 6) is -0.0176. The number of hydrogen-bond acceptors (Lipinski definition) is 3. The first kappa shape index (κ1) is 16.2. The van der Waals surface area contributed by atoms with Gasteiger partial charge in [-0.25, -0.2) is 0 Å². The zero-order chi connectivity index (χ0) is 15.9. The molecule has 1 saturated heterocycles. The van der Waals surface area contributed by atoms with Crippen molar-refractivity contribution in [3.05, 3.63) is 41.7 Å². The number of carbonyl (C=O) groups excluding carboxylic acids is 2. The lowest BCUT2D eigenvalue weighted by molar-refractivity contribution is -0.127. The number of carbonyl (C=O) groups is 2. The number of pyridine rings is 1. The van der Waals surface area contributed by atoms with E-state index in [0.29, 0.717) is 18.7 Å². The van der Waals surface area contributed by atoms with E-state index in [1.54, 1.807) is 30.6 Å². The van der Waals surface area contributed by atoms with E-state index in [1.807, 2.05) is 18.7 Å². The van der Waals surface area contributed by atoms with E-state index in [1.165, 1.54) is 0 Å². The number of aromatic nitrogens is 1. The molecule has 2 rings (SSSR count). The molecule has 0 bridgehead atoms. The van der Waals surface area contributed by atoms with Gasteiger partial charge in [-0.3, -0.25) is 14.6 Å². The number of allylic oxidation sites excluding steroid dienone is 1. The molecule has 0 saturated carbocycles. The van der Waals surface area contributed by atoms with Crippen LogP contribution < -0.4 is 5.32 Å². The quantitative estimate of drug-likeness (QED) is 0.867. The van der Waals surface area contributed by atoms with Crippen molar-refractivity contribution in [1.82, 2.24) is 15.2 Å². The van der Waals surface area contributed by atoms with Gasteiger partial charge in [0, 0.05) is 37.6 Å². The monoisotopic (exact) mass is 301 g/mol. The van der Waals surface area contributed by atoms with Crippen LogP contribution in [-0.2, 0) is 4.79 Å². The molecular weight excluding hydrogens is 278 g/mol. The summed E-state index contributed by atoms with van der Waals surface area (Å²) in [6, 6.07) is 3.62. The van der Waals surface area contributed by atoms with Gasteiger partial charge in [-0.15, -0.1) is 0 Å². The maximum absolute atomic E-state index is 12.1. The van der Waals surface area contributed by atoms with Crippen LogP contribution in [0.15, 0.2) is 36.2 Å². The molecule has 0 aliphatic carbocycles. The van der Waals surface area contributed by atoms with Crippen LogP contribution in [0.3, 0.4) is 0 Å². The van der Waals surface area contributed by atoms with E-state index in [4.69, 9.17) is 0 Å². The van der Waals surface area contributed by atoms with Gasteiger partial charge in [-0.1, -0.05) is 12.5 Å². The highest BCUT2D eigenvalue weighted by Gasteiger charge is 2.23. The third kappa shape index (κ3) is 4.41. The molecule has 0 radical (unpaired) electrons. The van der Waals surface area contributed by atoms with Crippen molar-refractivity contribution in [3.8, 4) is 0 Å². The second-order valence-electron chi connectivity index (χ2n) is 5.66. The van der Waals surface area contributed by atoms with E-state index >= 15 is 0 Å². The normalized spacial score (nSPS) is 16.5. The van der Waals surface area contributed by atoms with E-state index < -0.39 is 0 Å². The Hall–Kier alpha value is -2.17. The smallest absolute Gasteiger partial charge is 0.253 e. The Morgan fingerprint density at radius 3 is 2.73 bits per heavy atom. The highest BCUT2D eigenvalue weighted by molar-refractivity contribution is 5.94. The molecule has 2 heterocycles. The number of piperidine rings is 1. The van der Waals surface area contributed by atoms with E-state index in [9.17, 15) is 9.59 Å². The lowest BCUT2D eigenvalue weighted by atomic mass is 10.0. The molecular formula is C17H23N3O2. The Morgan fingerprint density at radius 2 is 2.14 bits per heavy atom. The summed E-state index contributed by atoms with van der Waals surface area (Å²) in [5, 5.41) is 3.01. The van der Waals surface area contributed by atoms with Crippen LogP contribution in [-0.4, -0.2) is 40.8 Å². The molecule has 1 N–H and O–H groups in total. The molecule has 1 aromatic heterocycles. The van der Waals surface area contributed by atoms with Crippen LogP contribution in [0.25, 0.3) is 0 Å². The summed E-state index contributed by atoms with van der Waals surface area (Å²) in [6.45, 7) is 5.38. The molecule has 0 spiro atoms. The molecule has 5 nitrogen and oxygen atoms in total. The van der Waals surface area contributed by atoms with Crippen molar-refractivity contribution < 1.29 is 9.59 Å². The van der Waals surface area contributed by atoms with E-state index in [-0.39, 0.29) is 17.9 Å². The summed E-state index contributed by atoms with van der Waals surface area (Å²) >= 11 is 0. The summed E-state index contributed by atoms with van der Waals surface area (Å²) in [4.78, 5) is 29.9. The summed E-state index contributed by atoms with van der Waals surface area (Å²) < 4.78 is 0. The fourth-order valence-electron chi connectivity index (χ4n) is 2.41. The number of rotatable bonds is 4. The molecule has 2 amide bonds. The summed E-state index contributed by atoms with van der Waals surface area (Å²) in [6.07, 6.45) is 7.39. The lowest BCUT2D eigenvalue weighted by Gasteiger charge is -2.32. The Kier molecular flexibility index (Phi) is 5.69. The highest BCUT2D eigenvalue weighted by atomic mass is 16.2. The van der Waals surface area contributed by atoms with Gasteiger partial charge < -0.3 is 10.2 Å². The Morgan fingerprint density at radius 1 is 1.41 bits per heavy atom. The third-order valence-electron chi connectivity index (χ3n) is 3.99. The number of nitrogens with zero attached hydrogens (tertiary/aromatic N) is 2. The minimum atomic E-state index is -0.0976. The molecule has 1 aliphatic rings. The topological polar surface area (TPSA) is 62.3 Å². The number of nitrogens with one attached hydrogen (secondary N) is 1. The van der Waals surface area contributed by atoms with Crippen molar-refractivity contribution in [1.29, 1.82) is 0 Å². The molecule has 0 unspecified atom stereocenters. The van der Waals surface area contributed by atoms with Gasteiger partial charge in [0.05, 0.1) is 5.56 Å². The molecule has 1 aliphatic heterocycles. The second kappa shape index (κ2) is 7.73. The lowest BCUT2D eigenvalue weighted by Crippen LogP contribution is -2.46. The SMILES string of the molecule is CC/C(C)=C/C(=O)N1CCC(NC(=O)c2cccnc2)CC1. The standard InChI is InChI=1S/C17H23N3O2/c1-3-13(2)11-16(21)20-9-6-15(7-10-20)19-17(22)14-5-4-8-18-12-14/h4-5,8,11-12,15H,3,6-7,9-10H2,1-2H3,(H,19,22)/b13-11+. The summed E-state index contributed by atoms with van der Waals surface area (Å²) in [5.41, 5.74) is 1.67. The zero-order valence-electron chi connectivity index (χ0n) is 13.2. The van der Waals surface area contributed by atoms with Crippen LogP contribution in [0.5, 0.6) is 0 Å². The van der Waals surface area contributed by atoms with Crippen molar-refractivity contribution in [3.63, 3.8) is 0 Å². The molecule has 22 heavy (non-hydrogen) atoms. The maximum Gasteiger partial charge on any atom is 0.253 e. The first-order valence-corrected chi connectivity index (χ1v) is 7.77. The minimum Gasteiger partial charge on any atom is -0.349 e. The van der Waals surface area contributed by atoms with Crippen LogP contribution in [0, 0.1) is 0 Å². The van der Waals surface area contributed by atoms with Crippen molar-refractivity contribution in [2.75, 3.05) is 13.1 Å². The fourth-order valence-corrected chi connectivity index (χ4v) is 2.41. The van der Waals surface area contributed by atoms with Crippen molar-refractivity contribution in [2.45, 2.75) is 39.2 Å². The van der Waals surface area contributed by atoms with Crippen LogP contribution in [0.4, 0.5) is 0 Å². The first-order valence-electron chi connectivity index (χ1n) is 7.77. The molecule has 0 aromatic carbocycles. The molecule has 1 aromatic rings. The largest absolute Gasteiger partial charge is 0.349 e. The van der Waals surface area contributed by atoms with Crippen molar-refractivity contribution in [2.24, 2.45) is 0 Å². The second-order valence-corrected chi connectivity index (χ2v) is 5.66. The minimum absolute atomic E-state index is 0.0800.